The molecule has 3 fully saturated rings. The zero-order valence-electron chi connectivity index (χ0n) is 8.36. The summed E-state index contributed by atoms with van der Waals surface area (Å²) in [5.41, 5.74) is 0. The summed E-state index contributed by atoms with van der Waals surface area (Å²) >= 11 is 0. The van der Waals surface area contributed by atoms with Crippen molar-refractivity contribution in [2.45, 2.75) is 38.3 Å². The van der Waals surface area contributed by atoms with Gasteiger partial charge in [-0.3, -0.25) is 4.79 Å². The molecule has 1 aliphatic carbocycles. The molecule has 4 nitrogen and oxygen atoms in total. The Morgan fingerprint density at radius 1 is 1.29 bits per heavy atom. The van der Waals surface area contributed by atoms with Crippen LogP contribution in [-0.4, -0.2) is 30.6 Å². The van der Waals surface area contributed by atoms with Crippen LogP contribution in [0.2, 0.25) is 0 Å². The second-order valence-corrected chi connectivity index (χ2v) is 4.80. The minimum Gasteiger partial charge on any atom is -0.465 e. The Kier molecular flexibility index (Phi) is 1.55. The minimum absolute atomic E-state index is 0.0569. The van der Waals surface area contributed by atoms with Crippen LogP contribution in [-0.2, 0) is 19.0 Å². The highest BCUT2D eigenvalue weighted by Crippen LogP contribution is 2.47. The fraction of sp³-hybridized carbons (Fsp3) is 0.900. The molecule has 4 atom stereocenters. The second kappa shape index (κ2) is 2.49. The predicted octanol–water partition coefficient (Wildman–Crippen LogP) is 0.699. The number of fused-ring (bicyclic) bond motifs is 5. The van der Waals surface area contributed by atoms with Crippen molar-refractivity contribution in [3.05, 3.63) is 0 Å². The Balaban J connectivity index is 1.90. The van der Waals surface area contributed by atoms with Crippen LogP contribution in [0.3, 0.4) is 0 Å². The summed E-state index contributed by atoms with van der Waals surface area (Å²) in [6.45, 7) is 4.29. The number of carbonyl (C=O) groups is 1. The van der Waals surface area contributed by atoms with Crippen molar-refractivity contribution >= 4 is 5.97 Å². The molecule has 2 bridgehead atoms. The summed E-state index contributed by atoms with van der Waals surface area (Å²) in [5.74, 6) is -0.413. The normalized spacial score (nSPS) is 48.9. The highest BCUT2D eigenvalue weighted by molar-refractivity contribution is 5.75. The molecule has 0 amide bonds. The lowest BCUT2D eigenvalue weighted by Gasteiger charge is -2.25. The highest BCUT2D eigenvalue weighted by Gasteiger charge is 2.58. The number of rotatable bonds is 0. The van der Waals surface area contributed by atoms with Gasteiger partial charge in [-0.15, -0.1) is 0 Å². The van der Waals surface area contributed by atoms with Gasteiger partial charge in [-0.25, -0.2) is 0 Å². The smallest absolute Gasteiger partial charge is 0.311 e. The van der Waals surface area contributed by atoms with E-state index < -0.39 is 5.79 Å². The molecule has 4 heteroatoms. The van der Waals surface area contributed by atoms with Gasteiger partial charge in [0.15, 0.2) is 5.79 Å². The average Bonchev–Trinajstić information content (AvgIpc) is 2.53. The molecule has 3 aliphatic rings. The van der Waals surface area contributed by atoms with Crippen LogP contribution < -0.4 is 0 Å². The van der Waals surface area contributed by atoms with Gasteiger partial charge in [-0.05, 0) is 20.3 Å². The molecule has 2 heterocycles. The number of esters is 1. The van der Waals surface area contributed by atoms with Gasteiger partial charge >= 0.3 is 5.97 Å². The molecule has 78 valence electrons. The number of hydrogen-bond donors (Lipinski definition) is 0. The quantitative estimate of drug-likeness (QED) is 0.537. The Bertz CT molecular complexity index is 286. The van der Waals surface area contributed by atoms with E-state index in [0.717, 1.165) is 6.42 Å². The van der Waals surface area contributed by atoms with E-state index in [1.165, 1.54) is 0 Å². The number of cyclic esters (lactones) is 1. The van der Waals surface area contributed by atoms with Crippen LogP contribution in [0.1, 0.15) is 20.3 Å². The third-order valence-corrected chi connectivity index (χ3v) is 3.32. The third-order valence-electron chi connectivity index (χ3n) is 3.32. The van der Waals surface area contributed by atoms with Gasteiger partial charge in [0.1, 0.15) is 6.10 Å². The summed E-state index contributed by atoms with van der Waals surface area (Å²) in [6, 6.07) is 0. The van der Waals surface area contributed by atoms with Crippen LogP contribution >= 0.6 is 0 Å². The first kappa shape index (κ1) is 8.68. The molecule has 3 rings (SSSR count). The van der Waals surface area contributed by atoms with Crippen LogP contribution in [0.15, 0.2) is 0 Å². The van der Waals surface area contributed by atoms with Gasteiger partial charge in [-0.2, -0.15) is 0 Å². The highest BCUT2D eigenvalue weighted by atomic mass is 16.8. The molecular formula is C10H14O4. The topological polar surface area (TPSA) is 44.8 Å². The molecule has 14 heavy (non-hydrogen) atoms. The molecular weight excluding hydrogens is 184 g/mol. The van der Waals surface area contributed by atoms with Crippen LogP contribution in [0.25, 0.3) is 0 Å². The molecule has 2 saturated heterocycles. The molecule has 0 aromatic heterocycles. The first-order valence-corrected chi connectivity index (χ1v) is 5.09. The molecule has 0 radical (unpaired) electrons. The number of hydrogen-bond acceptors (Lipinski definition) is 4. The van der Waals surface area contributed by atoms with Crippen molar-refractivity contribution < 1.29 is 19.0 Å². The van der Waals surface area contributed by atoms with Crippen molar-refractivity contribution in [2.75, 3.05) is 6.61 Å². The zero-order valence-corrected chi connectivity index (χ0v) is 8.36. The van der Waals surface area contributed by atoms with E-state index in [9.17, 15) is 4.79 Å². The van der Waals surface area contributed by atoms with Crippen molar-refractivity contribution in [1.29, 1.82) is 0 Å². The SMILES string of the molecule is CC1(C)OC2C(O1)[C@H]1C[C@@H]2COC1=O. The first-order chi connectivity index (χ1) is 6.57. The lowest BCUT2D eigenvalue weighted by molar-refractivity contribution is -0.182. The van der Waals surface area contributed by atoms with Gasteiger partial charge < -0.3 is 14.2 Å². The maximum Gasteiger partial charge on any atom is 0.311 e. The summed E-state index contributed by atoms with van der Waals surface area (Å²) < 4.78 is 16.6. The molecule has 1 saturated carbocycles. The van der Waals surface area contributed by atoms with Gasteiger partial charge in [-0.1, -0.05) is 0 Å². The van der Waals surface area contributed by atoms with Crippen LogP contribution in [0, 0.1) is 11.8 Å². The summed E-state index contributed by atoms with van der Waals surface area (Å²) in [5, 5.41) is 0. The number of ether oxygens (including phenoxy) is 3. The van der Waals surface area contributed by atoms with E-state index >= 15 is 0 Å². The Hall–Kier alpha value is -0.610. The lowest BCUT2D eigenvalue weighted by atomic mass is 10.0. The van der Waals surface area contributed by atoms with Gasteiger partial charge in [0.2, 0.25) is 0 Å². The third kappa shape index (κ3) is 1.04. The van der Waals surface area contributed by atoms with Crippen molar-refractivity contribution in [3.8, 4) is 0 Å². The fourth-order valence-corrected chi connectivity index (χ4v) is 2.78. The zero-order chi connectivity index (χ0) is 9.92. The van der Waals surface area contributed by atoms with Gasteiger partial charge in [0.05, 0.1) is 18.6 Å². The summed E-state index contributed by atoms with van der Waals surface area (Å²) in [7, 11) is 0. The van der Waals surface area contributed by atoms with Crippen molar-refractivity contribution in [3.63, 3.8) is 0 Å². The van der Waals surface area contributed by atoms with Crippen LogP contribution in [0.5, 0.6) is 0 Å². The first-order valence-electron chi connectivity index (χ1n) is 5.09. The second-order valence-electron chi connectivity index (χ2n) is 4.80. The lowest BCUT2D eigenvalue weighted by Crippen LogP contribution is -2.32. The molecule has 0 aromatic carbocycles. The average molecular weight is 198 g/mol. The Morgan fingerprint density at radius 2 is 2.00 bits per heavy atom. The van der Waals surface area contributed by atoms with E-state index in [-0.39, 0.29) is 24.1 Å². The Morgan fingerprint density at radius 3 is 2.79 bits per heavy atom. The number of carbonyl (C=O) groups excluding carboxylic acids is 1. The van der Waals surface area contributed by atoms with E-state index in [0.29, 0.717) is 12.5 Å². The molecule has 2 unspecified atom stereocenters. The molecule has 0 N–H and O–H groups in total. The van der Waals surface area contributed by atoms with E-state index in [1.54, 1.807) is 0 Å². The molecule has 2 aliphatic heterocycles. The maximum atomic E-state index is 11.4. The van der Waals surface area contributed by atoms with Gasteiger partial charge in [0, 0.05) is 5.92 Å². The summed E-state index contributed by atoms with van der Waals surface area (Å²) in [6.07, 6.45) is 0.844. The Labute approximate surface area is 82.5 Å². The minimum atomic E-state index is -0.538. The monoisotopic (exact) mass is 198 g/mol. The molecule has 0 aromatic rings. The molecule has 0 spiro atoms. The van der Waals surface area contributed by atoms with E-state index in [2.05, 4.69) is 0 Å². The summed E-state index contributed by atoms with van der Waals surface area (Å²) in [4.78, 5) is 11.4. The predicted molar refractivity (Wildman–Crippen MR) is 46.4 cm³/mol. The standard InChI is InChI=1S/C10H14O4/c1-10(2)13-7-5-3-6(8(7)14-10)9(11)12-4-5/h5-8H,3-4H2,1-2H3/t5-,6-,7?,8?/m1/s1. The largest absolute Gasteiger partial charge is 0.465 e. The van der Waals surface area contributed by atoms with Gasteiger partial charge in [0.25, 0.3) is 0 Å². The van der Waals surface area contributed by atoms with Crippen LogP contribution in [0.4, 0.5) is 0 Å². The van der Waals surface area contributed by atoms with Crippen molar-refractivity contribution in [2.24, 2.45) is 11.8 Å². The fourth-order valence-electron chi connectivity index (χ4n) is 2.78. The maximum absolute atomic E-state index is 11.4. The van der Waals surface area contributed by atoms with Crippen molar-refractivity contribution in [1.82, 2.24) is 0 Å². The van der Waals surface area contributed by atoms with E-state index in [4.69, 9.17) is 14.2 Å². The van der Waals surface area contributed by atoms with E-state index in [1.807, 2.05) is 13.8 Å².